The summed E-state index contributed by atoms with van der Waals surface area (Å²) in [7, 11) is -1.74. The monoisotopic (exact) mass is 272 g/mol. The normalized spacial score (nSPS) is 11.0. The van der Waals surface area contributed by atoms with Gasteiger partial charge in [-0.1, -0.05) is 0 Å². The molecule has 7 nitrogen and oxygen atoms in total. The van der Waals surface area contributed by atoms with E-state index in [0.717, 1.165) is 5.69 Å². The number of amides is 1. The summed E-state index contributed by atoms with van der Waals surface area (Å²) in [5, 5.41) is 10.3. The third-order valence-corrected chi connectivity index (χ3v) is 3.03. The number of nitrogens with two attached hydrogens (primary N) is 1. The Bertz CT molecular complexity index is 516. The minimum absolute atomic E-state index is 0.155. The Morgan fingerprint density at radius 3 is 2.83 bits per heavy atom. The molecule has 0 unspecified atom stereocenters. The summed E-state index contributed by atoms with van der Waals surface area (Å²) < 4.78 is 21.3. The molecule has 0 saturated heterocycles. The second-order valence-electron chi connectivity index (χ2n) is 3.66. The first kappa shape index (κ1) is 14.4. The van der Waals surface area contributed by atoms with E-state index in [1.165, 1.54) is 6.20 Å². The van der Waals surface area contributed by atoms with E-state index < -0.39 is 10.0 Å². The number of nitrogens with zero attached hydrogens (tertiary/aromatic N) is 1. The van der Waals surface area contributed by atoms with Crippen molar-refractivity contribution in [1.29, 1.82) is 0 Å². The van der Waals surface area contributed by atoms with Crippen LogP contribution in [0, 0.1) is 0 Å². The highest BCUT2D eigenvalue weighted by Crippen LogP contribution is 2.06. The molecule has 1 amide bonds. The first-order valence-corrected chi connectivity index (χ1v) is 7.06. The fourth-order valence-electron chi connectivity index (χ4n) is 1.28. The van der Waals surface area contributed by atoms with Gasteiger partial charge < -0.3 is 10.6 Å². The number of aromatic nitrogens is 1. The van der Waals surface area contributed by atoms with E-state index in [1.54, 1.807) is 19.2 Å². The average molecular weight is 272 g/mol. The molecule has 0 radical (unpaired) electrons. The minimum Gasteiger partial charge on any atom is -0.388 e. The standard InChI is InChI=1S/C10H16N4O3S/c1-12-8-3-5-13-9(7-8)10(15)14-4-2-6-18(11,16)17/h3,5,7H,2,4,6H2,1H3,(H,12,13)(H,14,15)(H2,11,16,17). The fraction of sp³-hybridized carbons (Fsp3) is 0.400. The van der Waals surface area contributed by atoms with Crippen molar-refractivity contribution >= 4 is 21.6 Å². The van der Waals surface area contributed by atoms with Gasteiger partial charge in [0.15, 0.2) is 0 Å². The van der Waals surface area contributed by atoms with Crippen LogP contribution >= 0.6 is 0 Å². The lowest BCUT2D eigenvalue weighted by molar-refractivity contribution is 0.0949. The number of carbonyl (C=O) groups excluding carboxylic acids is 1. The molecule has 0 aliphatic heterocycles. The van der Waals surface area contributed by atoms with Gasteiger partial charge >= 0.3 is 0 Å². The second-order valence-corrected chi connectivity index (χ2v) is 5.39. The zero-order valence-electron chi connectivity index (χ0n) is 10.0. The maximum atomic E-state index is 11.7. The Morgan fingerprint density at radius 1 is 1.50 bits per heavy atom. The quantitative estimate of drug-likeness (QED) is 0.606. The number of sulfonamides is 1. The average Bonchev–Trinajstić information content (AvgIpc) is 2.33. The van der Waals surface area contributed by atoms with Gasteiger partial charge in [0.2, 0.25) is 10.0 Å². The van der Waals surface area contributed by atoms with E-state index >= 15 is 0 Å². The lowest BCUT2D eigenvalue weighted by Gasteiger charge is -2.05. The van der Waals surface area contributed by atoms with Gasteiger partial charge in [-0.15, -0.1) is 0 Å². The topological polar surface area (TPSA) is 114 Å². The molecule has 0 bridgehead atoms. The Labute approximate surface area is 106 Å². The number of anilines is 1. The molecule has 0 saturated carbocycles. The summed E-state index contributed by atoms with van der Waals surface area (Å²) in [6.07, 6.45) is 1.79. The molecular formula is C10H16N4O3S. The first-order chi connectivity index (χ1) is 8.42. The summed E-state index contributed by atoms with van der Waals surface area (Å²) in [6, 6.07) is 3.34. The van der Waals surface area contributed by atoms with Crippen LogP contribution in [-0.2, 0) is 10.0 Å². The van der Waals surface area contributed by atoms with Crippen molar-refractivity contribution in [1.82, 2.24) is 10.3 Å². The Kier molecular flexibility index (Phi) is 5.05. The third kappa shape index (κ3) is 5.11. The van der Waals surface area contributed by atoms with Crippen molar-refractivity contribution in [2.45, 2.75) is 6.42 Å². The van der Waals surface area contributed by atoms with E-state index in [4.69, 9.17) is 5.14 Å². The van der Waals surface area contributed by atoms with Gasteiger partial charge in [0.1, 0.15) is 5.69 Å². The summed E-state index contributed by atoms with van der Waals surface area (Å²) in [5.41, 5.74) is 1.05. The van der Waals surface area contributed by atoms with E-state index in [0.29, 0.717) is 0 Å². The summed E-state index contributed by atoms with van der Waals surface area (Å²) >= 11 is 0. The van der Waals surface area contributed by atoms with Crippen molar-refractivity contribution in [3.63, 3.8) is 0 Å². The van der Waals surface area contributed by atoms with Gasteiger partial charge in [0.05, 0.1) is 5.75 Å². The number of primary sulfonamides is 1. The molecule has 0 atom stereocenters. The van der Waals surface area contributed by atoms with Crippen molar-refractivity contribution < 1.29 is 13.2 Å². The Morgan fingerprint density at radius 2 is 2.22 bits per heavy atom. The van der Waals surface area contributed by atoms with Crippen LogP contribution in [0.15, 0.2) is 18.3 Å². The lowest BCUT2D eigenvalue weighted by atomic mass is 10.3. The van der Waals surface area contributed by atoms with Crippen LogP contribution in [0.3, 0.4) is 0 Å². The van der Waals surface area contributed by atoms with Crippen LogP contribution in [0.5, 0.6) is 0 Å². The summed E-state index contributed by atoms with van der Waals surface area (Å²) in [6.45, 7) is 0.237. The smallest absolute Gasteiger partial charge is 0.269 e. The molecule has 0 aromatic carbocycles. The molecular weight excluding hydrogens is 256 g/mol. The SMILES string of the molecule is CNc1ccnc(C(=O)NCCCS(N)(=O)=O)c1. The van der Waals surface area contributed by atoms with Crippen LogP contribution in [0.25, 0.3) is 0 Å². The molecule has 4 N–H and O–H groups in total. The zero-order valence-corrected chi connectivity index (χ0v) is 10.8. The summed E-state index contributed by atoms with van der Waals surface area (Å²) in [4.78, 5) is 15.6. The molecule has 0 aliphatic carbocycles. The predicted octanol–water partition coefficient (Wildman–Crippen LogP) is -0.468. The molecule has 18 heavy (non-hydrogen) atoms. The van der Waals surface area contributed by atoms with E-state index in [2.05, 4.69) is 15.6 Å². The molecule has 0 fully saturated rings. The van der Waals surface area contributed by atoms with Crippen molar-refractivity contribution in [3.05, 3.63) is 24.0 Å². The highest BCUT2D eigenvalue weighted by atomic mass is 32.2. The zero-order chi connectivity index (χ0) is 13.6. The molecule has 1 rings (SSSR count). The number of hydrogen-bond donors (Lipinski definition) is 3. The molecule has 8 heteroatoms. The number of pyridine rings is 1. The second kappa shape index (κ2) is 6.31. The molecule has 0 aliphatic rings. The molecule has 100 valence electrons. The van der Waals surface area contributed by atoms with Gasteiger partial charge in [-0.05, 0) is 18.6 Å². The Hall–Kier alpha value is -1.67. The molecule has 1 aromatic rings. The van der Waals surface area contributed by atoms with Crippen LogP contribution in [0.4, 0.5) is 5.69 Å². The number of carbonyl (C=O) groups is 1. The number of hydrogen-bond acceptors (Lipinski definition) is 5. The van der Waals surface area contributed by atoms with Crippen molar-refractivity contribution in [2.24, 2.45) is 5.14 Å². The largest absolute Gasteiger partial charge is 0.388 e. The first-order valence-electron chi connectivity index (χ1n) is 5.35. The van der Waals surface area contributed by atoms with Crippen LogP contribution in [-0.4, -0.2) is 38.7 Å². The van der Waals surface area contributed by atoms with Crippen LogP contribution in [0.1, 0.15) is 16.9 Å². The maximum absolute atomic E-state index is 11.7. The van der Waals surface area contributed by atoms with Crippen molar-refractivity contribution in [3.8, 4) is 0 Å². The van der Waals surface area contributed by atoms with Gasteiger partial charge in [0, 0.05) is 25.5 Å². The number of nitrogens with one attached hydrogen (secondary N) is 2. The Balaban J connectivity index is 2.45. The molecule has 1 heterocycles. The summed E-state index contributed by atoms with van der Waals surface area (Å²) in [5.74, 6) is -0.501. The molecule has 1 aromatic heterocycles. The fourth-order valence-corrected chi connectivity index (χ4v) is 1.82. The van der Waals surface area contributed by atoms with E-state index in [9.17, 15) is 13.2 Å². The third-order valence-electron chi connectivity index (χ3n) is 2.17. The van der Waals surface area contributed by atoms with Gasteiger partial charge in [-0.2, -0.15) is 0 Å². The van der Waals surface area contributed by atoms with Gasteiger partial charge in [0.25, 0.3) is 5.91 Å². The minimum atomic E-state index is -3.47. The lowest BCUT2D eigenvalue weighted by Crippen LogP contribution is -2.28. The predicted molar refractivity (Wildman–Crippen MR) is 68.7 cm³/mol. The van der Waals surface area contributed by atoms with Gasteiger partial charge in [-0.3, -0.25) is 9.78 Å². The molecule has 0 spiro atoms. The highest BCUT2D eigenvalue weighted by molar-refractivity contribution is 7.89. The van der Waals surface area contributed by atoms with E-state index in [1.807, 2.05) is 0 Å². The maximum Gasteiger partial charge on any atom is 0.269 e. The van der Waals surface area contributed by atoms with Crippen molar-refractivity contribution in [2.75, 3.05) is 24.7 Å². The highest BCUT2D eigenvalue weighted by Gasteiger charge is 2.08. The van der Waals surface area contributed by atoms with Crippen LogP contribution < -0.4 is 15.8 Å². The number of rotatable bonds is 6. The van der Waals surface area contributed by atoms with Crippen LogP contribution in [0.2, 0.25) is 0 Å². The van der Waals surface area contributed by atoms with E-state index in [-0.39, 0.29) is 30.3 Å². The van der Waals surface area contributed by atoms with Gasteiger partial charge in [-0.25, -0.2) is 13.6 Å².